The van der Waals surface area contributed by atoms with Gasteiger partial charge in [-0.2, -0.15) is 0 Å². The molecule has 0 aliphatic rings. The number of carbonyl (C=O) groups is 1. The summed E-state index contributed by atoms with van der Waals surface area (Å²) in [6.45, 7) is 3.75. The van der Waals surface area contributed by atoms with Crippen molar-refractivity contribution in [2.45, 2.75) is 26.4 Å². The molecule has 1 rings (SSSR count). The molecule has 0 aliphatic carbocycles. The highest BCUT2D eigenvalue weighted by atomic mass is 16.6. The van der Waals surface area contributed by atoms with Crippen LogP contribution in [0.2, 0.25) is 0 Å². The van der Waals surface area contributed by atoms with Gasteiger partial charge in [0.2, 0.25) is 0 Å². The average molecular weight is 249 g/mol. The fourth-order valence-corrected chi connectivity index (χ4v) is 1.19. The minimum atomic E-state index is -0.468. The lowest BCUT2D eigenvalue weighted by Crippen LogP contribution is -2.11. The Kier molecular flexibility index (Phi) is 5.05. The van der Waals surface area contributed by atoms with Crippen LogP contribution in [0.4, 0.5) is 5.69 Å². The van der Waals surface area contributed by atoms with Gasteiger partial charge >= 0.3 is 5.97 Å². The van der Waals surface area contributed by atoms with E-state index in [4.69, 9.17) is 4.74 Å². The highest BCUT2D eigenvalue weighted by Crippen LogP contribution is 2.12. The van der Waals surface area contributed by atoms with E-state index in [1.165, 1.54) is 18.2 Å². The number of esters is 1. The van der Waals surface area contributed by atoms with Gasteiger partial charge in [-0.1, -0.05) is 6.92 Å². The van der Waals surface area contributed by atoms with Crippen LogP contribution in [0.15, 0.2) is 30.3 Å². The molecule has 1 aromatic rings. The van der Waals surface area contributed by atoms with E-state index >= 15 is 0 Å². The van der Waals surface area contributed by atoms with Gasteiger partial charge in [0, 0.05) is 18.2 Å². The second-order valence-electron chi connectivity index (χ2n) is 3.84. The Hall–Kier alpha value is -2.17. The number of non-ortho nitro benzene ring substituents is 1. The molecule has 0 bridgehead atoms. The fraction of sp³-hybridized carbons (Fsp3) is 0.308. The van der Waals surface area contributed by atoms with Gasteiger partial charge < -0.3 is 4.74 Å². The highest BCUT2D eigenvalue weighted by Gasteiger charge is 2.04. The molecular weight excluding hydrogens is 234 g/mol. The van der Waals surface area contributed by atoms with Crippen LogP contribution in [0.3, 0.4) is 0 Å². The van der Waals surface area contributed by atoms with E-state index in [0.29, 0.717) is 5.56 Å². The van der Waals surface area contributed by atoms with Crippen LogP contribution in [0.5, 0.6) is 0 Å². The van der Waals surface area contributed by atoms with Crippen molar-refractivity contribution in [3.05, 3.63) is 46.0 Å². The average Bonchev–Trinajstić information content (AvgIpc) is 2.36. The molecule has 0 radical (unpaired) electrons. The standard InChI is InChI=1S/C13H15NO4/c1-3-10(2)18-13(15)9-6-11-4-7-12(8-5-11)14(16)17/h4-10H,3H2,1-2H3. The molecule has 0 saturated carbocycles. The molecule has 0 spiro atoms. The van der Waals surface area contributed by atoms with Crippen molar-refractivity contribution >= 4 is 17.7 Å². The van der Waals surface area contributed by atoms with Crippen molar-refractivity contribution in [3.63, 3.8) is 0 Å². The van der Waals surface area contributed by atoms with Crippen LogP contribution in [-0.4, -0.2) is 17.0 Å². The maximum Gasteiger partial charge on any atom is 0.331 e. The third kappa shape index (κ3) is 4.37. The largest absolute Gasteiger partial charge is 0.460 e. The summed E-state index contributed by atoms with van der Waals surface area (Å²) in [5, 5.41) is 10.4. The first kappa shape index (κ1) is 13.9. The lowest BCUT2D eigenvalue weighted by atomic mass is 10.2. The minimum Gasteiger partial charge on any atom is -0.460 e. The molecule has 0 N–H and O–H groups in total. The number of hydrogen-bond donors (Lipinski definition) is 0. The minimum absolute atomic E-state index is 0.0225. The summed E-state index contributed by atoms with van der Waals surface area (Å²) in [5.41, 5.74) is 0.732. The Bertz CT molecular complexity index is 451. The summed E-state index contributed by atoms with van der Waals surface area (Å²) in [4.78, 5) is 21.3. The van der Waals surface area contributed by atoms with Gasteiger partial charge in [0.1, 0.15) is 0 Å². The van der Waals surface area contributed by atoms with Crippen LogP contribution in [0.1, 0.15) is 25.8 Å². The Morgan fingerprint density at radius 1 is 1.44 bits per heavy atom. The quantitative estimate of drug-likeness (QED) is 0.348. The summed E-state index contributed by atoms with van der Waals surface area (Å²) < 4.78 is 5.05. The molecule has 0 saturated heterocycles. The topological polar surface area (TPSA) is 69.4 Å². The number of benzene rings is 1. The Balaban J connectivity index is 2.61. The Labute approximate surface area is 105 Å². The zero-order chi connectivity index (χ0) is 13.5. The number of nitro benzene ring substituents is 1. The number of ether oxygens (including phenoxy) is 1. The Morgan fingerprint density at radius 2 is 2.06 bits per heavy atom. The fourth-order valence-electron chi connectivity index (χ4n) is 1.19. The maximum atomic E-state index is 11.3. The molecule has 0 aromatic heterocycles. The molecule has 96 valence electrons. The van der Waals surface area contributed by atoms with E-state index < -0.39 is 10.9 Å². The number of nitro groups is 1. The Morgan fingerprint density at radius 3 is 2.56 bits per heavy atom. The van der Waals surface area contributed by atoms with Gasteiger partial charge in [0.15, 0.2) is 0 Å². The van der Waals surface area contributed by atoms with Gasteiger partial charge in [0.25, 0.3) is 5.69 Å². The van der Waals surface area contributed by atoms with Crippen LogP contribution in [0, 0.1) is 10.1 Å². The van der Waals surface area contributed by atoms with Crippen LogP contribution >= 0.6 is 0 Å². The molecule has 1 atom stereocenters. The van der Waals surface area contributed by atoms with Crippen LogP contribution in [-0.2, 0) is 9.53 Å². The van der Waals surface area contributed by atoms with Crippen molar-refractivity contribution in [1.29, 1.82) is 0 Å². The summed E-state index contributed by atoms with van der Waals surface area (Å²) in [7, 11) is 0. The maximum absolute atomic E-state index is 11.3. The zero-order valence-corrected chi connectivity index (χ0v) is 10.3. The van der Waals surface area contributed by atoms with E-state index in [1.54, 1.807) is 18.2 Å². The predicted octanol–water partition coefficient (Wildman–Crippen LogP) is 2.95. The summed E-state index contributed by atoms with van der Waals surface area (Å²) in [6, 6.07) is 5.93. The van der Waals surface area contributed by atoms with E-state index in [9.17, 15) is 14.9 Å². The molecule has 1 aromatic carbocycles. The normalized spacial score (nSPS) is 12.3. The van der Waals surface area contributed by atoms with Crippen molar-refractivity contribution < 1.29 is 14.5 Å². The second-order valence-corrected chi connectivity index (χ2v) is 3.84. The van der Waals surface area contributed by atoms with Crippen molar-refractivity contribution in [1.82, 2.24) is 0 Å². The van der Waals surface area contributed by atoms with Gasteiger partial charge in [-0.25, -0.2) is 4.79 Å². The van der Waals surface area contributed by atoms with Gasteiger partial charge in [-0.15, -0.1) is 0 Å². The van der Waals surface area contributed by atoms with E-state index in [1.807, 2.05) is 13.8 Å². The molecule has 1 unspecified atom stereocenters. The van der Waals surface area contributed by atoms with Crippen molar-refractivity contribution in [2.75, 3.05) is 0 Å². The van der Waals surface area contributed by atoms with Gasteiger partial charge in [-0.3, -0.25) is 10.1 Å². The molecule has 5 nitrogen and oxygen atoms in total. The predicted molar refractivity (Wildman–Crippen MR) is 68.0 cm³/mol. The summed E-state index contributed by atoms with van der Waals surface area (Å²) in [5.74, 6) is -0.414. The monoisotopic (exact) mass is 249 g/mol. The lowest BCUT2D eigenvalue weighted by Gasteiger charge is -2.07. The molecular formula is C13H15NO4. The summed E-state index contributed by atoms with van der Waals surface area (Å²) in [6.07, 6.45) is 3.53. The number of rotatable bonds is 5. The van der Waals surface area contributed by atoms with Crippen LogP contribution in [0.25, 0.3) is 6.08 Å². The van der Waals surface area contributed by atoms with E-state index in [-0.39, 0.29) is 11.8 Å². The molecule has 18 heavy (non-hydrogen) atoms. The van der Waals surface area contributed by atoms with Crippen LogP contribution < -0.4 is 0 Å². The lowest BCUT2D eigenvalue weighted by molar-refractivity contribution is -0.384. The molecule has 0 fully saturated rings. The van der Waals surface area contributed by atoms with E-state index in [0.717, 1.165) is 6.42 Å². The first-order valence-corrected chi connectivity index (χ1v) is 5.66. The van der Waals surface area contributed by atoms with Crippen molar-refractivity contribution in [3.8, 4) is 0 Å². The number of nitrogens with zero attached hydrogens (tertiary/aromatic N) is 1. The molecule has 0 aliphatic heterocycles. The number of carbonyl (C=O) groups excluding carboxylic acids is 1. The SMILES string of the molecule is CCC(C)OC(=O)C=Cc1ccc([N+](=O)[O-])cc1. The number of hydrogen-bond acceptors (Lipinski definition) is 4. The molecule has 0 heterocycles. The second kappa shape index (κ2) is 6.54. The molecule has 0 amide bonds. The highest BCUT2D eigenvalue weighted by molar-refractivity contribution is 5.87. The zero-order valence-electron chi connectivity index (χ0n) is 10.3. The molecule has 5 heteroatoms. The van der Waals surface area contributed by atoms with Crippen molar-refractivity contribution in [2.24, 2.45) is 0 Å². The van der Waals surface area contributed by atoms with E-state index in [2.05, 4.69) is 0 Å². The van der Waals surface area contributed by atoms with Gasteiger partial charge in [-0.05, 0) is 37.1 Å². The van der Waals surface area contributed by atoms with Gasteiger partial charge in [0.05, 0.1) is 11.0 Å². The summed E-state index contributed by atoms with van der Waals surface area (Å²) >= 11 is 0. The first-order chi connectivity index (χ1) is 8.52. The third-order valence-corrected chi connectivity index (χ3v) is 2.41. The smallest absolute Gasteiger partial charge is 0.331 e. The third-order valence-electron chi connectivity index (χ3n) is 2.41. The first-order valence-electron chi connectivity index (χ1n) is 5.66.